The molecule has 8 heteroatoms. The fourth-order valence-corrected chi connectivity index (χ4v) is 3.60. The smallest absolute Gasteiger partial charge is 0.244 e. The highest BCUT2D eigenvalue weighted by atomic mass is 127. The van der Waals surface area contributed by atoms with Crippen molar-refractivity contribution in [1.29, 1.82) is 0 Å². The second-order valence-corrected chi connectivity index (χ2v) is 7.99. The summed E-state index contributed by atoms with van der Waals surface area (Å²) in [6.45, 7) is 7.58. The van der Waals surface area contributed by atoms with Gasteiger partial charge in [0.05, 0.1) is 0 Å². The maximum Gasteiger partial charge on any atom is 0.244 e. The molecule has 0 radical (unpaired) electrons. The van der Waals surface area contributed by atoms with Crippen LogP contribution in [0.2, 0.25) is 0 Å². The van der Waals surface area contributed by atoms with Crippen molar-refractivity contribution in [3.63, 3.8) is 0 Å². The zero-order chi connectivity index (χ0) is 22.1. The lowest BCUT2D eigenvalue weighted by molar-refractivity contribution is -0.128. The van der Waals surface area contributed by atoms with Crippen LogP contribution in [0.3, 0.4) is 0 Å². The predicted octanol–water partition coefficient (Wildman–Crippen LogP) is 2.84. The number of halogens is 1. The highest BCUT2D eigenvalue weighted by molar-refractivity contribution is 14.0. The van der Waals surface area contributed by atoms with E-state index in [0.717, 1.165) is 38.2 Å². The summed E-state index contributed by atoms with van der Waals surface area (Å²) in [6.07, 6.45) is 3.55. The molecule has 1 unspecified atom stereocenters. The van der Waals surface area contributed by atoms with Gasteiger partial charge in [0, 0.05) is 63.3 Å². The molecule has 2 N–H and O–H groups in total. The Bertz CT molecular complexity index is 859. The number of guanidine groups is 1. The molecule has 1 fully saturated rings. The van der Waals surface area contributed by atoms with E-state index in [1.807, 2.05) is 32.2 Å². The minimum Gasteiger partial charge on any atom is -0.369 e. The molecule has 0 bridgehead atoms. The van der Waals surface area contributed by atoms with Crippen molar-refractivity contribution in [2.75, 3.05) is 44.7 Å². The van der Waals surface area contributed by atoms with Gasteiger partial charge < -0.3 is 20.4 Å². The van der Waals surface area contributed by atoms with Crippen LogP contribution in [0.1, 0.15) is 24.6 Å². The maximum atomic E-state index is 12.5. The van der Waals surface area contributed by atoms with E-state index in [1.165, 1.54) is 11.3 Å². The summed E-state index contributed by atoms with van der Waals surface area (Å²) in [5, 5.41) is 6.76. The Morgan fingerprint density at radius 2 is 2.03 bits per heavy atom. The molecule has 1 saturated heterocycles. The molecule has 1 amide bonds. The minimum atomic E-state index is 0. The zero-order valence-electron chi connectivity index (χ0n) is 19.3. The van der Waals surface area contributed by atoms with Crippen molar-refractivity contribution < 1.29 is 4.79 Å². The van der Waals surface area contributed by atoms with Gasteiger partial charge >= 0.3 is 0 Å². The van der Waals surface area contributed by atoms with Gasteiger partial charge in [-0.1, -0.05) is 23.8 Å². The van der Waals surface area contributed by atoms with Crippen LogP contribution < -0.4 is 15.5 Å². The molecule has 1 aromatic carbocycles. The number of hydrogen-bond acceptors (Lipinski definition) is 4. The number of carbonyl (C=O) groups excluding carboxylic acids is 1. The molecule has 1 aliphatic heterocycles. The Morgan fingerprint density at radius 3 is 2.72 bits per heavy atom. The number of aromatic nitrogens is 1. The molecule has 1 atom stereocenters. The van der Waals surface area contributed by atoms with E-state index < -0.39 is 0 Å². The molecular weight excluding hydrogens is 515 g/mol. The van der Waals surface area contributed by atoms with Gasteiger partial charge in [-0.25, -0.2) is 4.99 Å². The number of hydrogen-bond donors (Lipinski definition) is 2. The van der Waals surface area contributed by atoms with Crippen molar-refractivity contribution in [3.8, 4) is 0 Å². The first-order chi connectivity index (χ1) is 15.0. The highest BCUT2D eigenvalue weighted by Gasteiger charge is 2.23. The average Bonchev–Trinajstić information content (AvgIpc) is 3.25. The summed E-state index contributed by atoms with van der Waals surface area (Å²) >= 11 is 0. The van der Waals surface area contributed by atoms with Gasteiger partial charge in [-0.15, -0.1) is 24.0 Å². The summed E-state index contributed by atoms with van der Waals surface area (Å²) in [5.74, 6) is 0.700. The number of benzene rings is 1. The second-order valence-electron chi connectivity index (χ2n) is 7.99. The van der Waals surface area contributed by atoms with Crippen molar-refractivity contribution in [1.82, 2.24) is 20.5 Å². The van der Waals surface area contributed by atoms with E-state index in [1.54, 1.807) is 11.1 Å². The van der Waals surface area contributed by atoms with E-state index in [2.05, 4.69) is 56.7 Å². The molecule has 0 aliphatic carbocycles. The first-order valence-corrected chi connectivity index (χ1v) is 11.1. The van der Waals surface area contributed by atoms with Gasteiger partial charge in [0.15, 0.2) is 5.96 Å². The number of nitrogens with zero attached hydrogens (tertiary/aromatic N) is 4. The van der Waals surface area contributed by atoms with E-state index in [9.17, 15) is 4.79 Å². The van der Waals surface area contributed by atoms with Gasteiger partial charge in [-0.05, 0) is 44.5 Å². The van der Waals surface area contributed by atoms with Crippen LogP contribution in [-0.4, -0.2) is 67.6 Å². The quantitative estimate of drug-likeness (QED) is 0.301. The summed E-state index contributed by atoms with van der Waals surface area (Å²) < 4.78 is 0. The van der Waals surface area contributed by atoms with E-state index >= 15 is 0 Å². The lowest BCUT2D eigenvalue weighted by Gasteiger charge is -2.21. The second kappa shape index (κ2) is 13.2. The van der Waals surface area contributed by atoms with Crippen LogP contribution >= 0.6 is 24.0 Å². The number of nitrogens with one attached hydrogen (secondary N) is 2. The fourth-order valence-electron chi connectivity index (χ4n) is 3.60. The Labute approximate surface area is 208 Å². The Morgan fingerprint density at radius 1 is 1.25 bits per heavy atom. The van der Waals surface area contributed by atoms with Gasteiger partial charge in [0.25, 0.3) is 0 Å². The van der Waals surface area contributed by atoms with Crippen LogP contribution in [0.4, 0.5) is 5.69 Å². The van der Waals surface area contributed by atoms with Crippen molar-refractivity contribution in [2.45, 2.75) is 32.7 Å². The van der Waals surface area contributed by atoms with Crippen LogP contribution in [0.25, 0.3) is 0 Å². The number of carbonyl (C=O) groups is 1. The summed E-state index contributed by atoms with van der Waals surface area (Å²) in [6, 6.07) is 14.8. The van der Waals surface area contributed by atoms with Gasteiger partial charge in [0.2, 0.25) is 5.91 Å². The number of rotatable bonds is 8. The molecule has 7 nitrogen and oxygen atoms in total. The first kappa shape index (κ1) is 25.9. The van der Waals surface area contributed by atoms with Crippen LogP contribution in [-0.2, 0) is 11.2 Å². The summed E-state index contributed by atoms with van der Waals surface area (Å²) in [4.78, 5) is 25.5. The van der Waals surface area contributed by atoms with Crippen molar-refractivity contribution >= 4 is 41.5 Å². The van der Waals surface area contributed by atoms with Crippen LogP contribution in [0.5, 0.6) is 0 Å². The number of anilines is 1. The molecular formula is C24H35IN6O. The predicted molar refractivity (Wildman–Crippen MR) is 142 cm³/mol. The third-order valence-corrected chi connectivity index (χ3v) is 5.50. The Kier molecular flexibility index (Phi) is 10.7. The third kappa shape index (κ3) is 7.96. The zero-order valence-corrected chi connectivity index (χ0v) is 21.6. The van der Waals surface area contributed by atoms with Crippen molar-refractivity contribution in [3.05, 3.63) is 59.9 Å². The maximum absolute atomic E-state index is 12.5. The normalized spacial score (nSPS) is 15.8. The van der Waals surface area contributed by atoms with Crippen LogP contribution in [0, 0.1) is 6.92 Å². The molecule has 2 aromatic rings. The number of aliphatic imine (C=N–C) groups is 1. The van der Waals surface area contributed by atoms with E-state index in [-0.39, 0.29) is 36.4 Å². The van der Waals surface area contributed by atoms with E-state index in [4.69, 9.17) is 0 Å². The Balaban J connectivity index is 0.00000363. The van der Waals surface area contributed by atoms with Gasteiger partial charge in [-0.2, -0.15) is 0 Å². The molecule has 0 saturated carbocycles. The van der Waals surface area contributed by atoms with Crippen molar-refractivity contribution in [2.24, 2.45) is 4.99 Å². The lowest BCUT2D eigenvalue weighted by atomic mass is 10.2. The lowest BCUT2D eigenvalue weighted by Crippen LogP contribution is -2.45. The monoisotopic (exact) mass is 550 g/mol. The van der Waals surface area contributed by atoms with Gasteiger partial charge in [0.1, 0.15) is 6.54 Å². The molecule has 174 valence electrons. The fraction of sp³-hybridized carbons (Fsp3) is 0.458. The number of likely N-dealkylation sites (N-methyl/N-ethyl adjacent to an activating group) is 1. The summed E-state index contributed by atoms with van der Waals surface area (Å²) in [7, 11) is 1.82. The van der Waals surface area contributed by atoms with E-state index in [0.29, 0.717) is 18.5 Å². The highest BCUT2D eigenvalue weighted by Crippen LogP contribution is 2.20. The van der Waals surface area contributed by atoms with Crippen LogP contribution in [0.15, 0.2) is 53.7 Å². The molecule has 1 aromatic heterocycles. The number of aryl methyl sites for hydroxylation is 1. The summed E-state index contributed by atoms with van der Waals surface area (Å²) in [5.41, 5.74) is 3.51. The standard InChI is InChI=1S/C24H34N6O.HI/c1-4-25-24(27-17-23(31)29(3)15-12-20-7-5-6-14-26-20)28-21-13-16-30(18-21)22-10-8-19(2)9-11-22;/h5-11,14,21H,4,12-13,15-18H2,1-3H3,(H2,25,27,28);1H. The average molecular weight is 550 g/mol. The molecule has 3 rings (SSSR count). The molecule has 0 spiro atoms. The SMILES string of the molecule is CCNC(=NCC(=O)N(C)CCc1ccccn1)NC1CCN(c2ccc(C)cc2)C1.I. The first-order valence-electron chi connectivity index (χ1n) is 11.1. The number of amides is 1. The topological polar surface area (TPSA) is 72.9 Å². The number of pyridine rings is 1. The third-order valence-electron chi connectivity index (χ3n) is 5.50. The molecule has 32 heavy (non-hydrogen) atoms. The Hall–Kier alpha value is -2.36. The minimum absolute atomic E-state index is 0. The molecule has 1 aliphatic rings. The largest absolute Gasteiger partial charge is 0.369 e. The molecule has 2 heterocycles. The van der Waals surface area contributed by atoms with Gasteiger partial charge in [-0.3, -0.25) is 9.78 Å².